The predicted molar refractivity (Wildman–Crippen MR) is 84.7 cm³/mol. The van der Waals surface area contributed by atoms with Gasteiger partial charge in [-0.2, -0.15) is 0 Å². The number of nitrogens with zero attached hydrogens (tertiary/aromatic N) is 1. The SMILES string of the molecule is C[C@@]1(C(O)n2ccc(=O)[nH]c2=O)OC2(CCCC2)O[C@@H]1[C@H](CO)CF. The Kier molecular flexibility index (Phi) is 4.84. The highest BCUT2D eigenvalue weighted by Gasteiger charge is 2.61. The topological polar surface area (TPSA) is 114 Å². The second-order valence-corrected chi connectivity index (χ2v) is 6.93. The van der Waals surface area contributed by atoms with E-state index < -0.39 is 54.2 Å². The number of alkyl halides is 1. The summed E-state index contributed by atoms with van der Waals surface area (Å²) in [5.74, 6) is -1.85. The minimum Gasteiger partial charge on any atom is -0.396 e. The van der Waals surface area contributed by atoms with Crippen molar-refractivity contribution in [3.63, 3.8) is 0 Å². The van der Waals surface area contributed by atoms with Crippen molar-refractivity contribution in [1.82, 2.24) is 9.55 Å². The number of ether oxygens (including phenoxy) is 2. The van der Waals surface area contributed by atoms with Crippen molar-refractivity contribution >= 4 is 0 Å². The number of aromatic amines is 1. The van der Waals surface area contributed by atoms with Crippen molar-refractivity contribution < 1.29 is 24.1 Å². The molecule has 1 spiro atoms. The van der Waals surface area contributed by atoms with Crippen LogP contribution >= 0.6 is 0 Å². The van der Waals surface area contributed by atoms with Gasteiger partial charge in [0, 0.05) is 31.0 Å². The van der Waals surface area contributed by atoms with Gasteiger partial charge >= 0.3 is 5.69 Å². The van der Waals surface area contributed by atoms with E-state index in [0.717, 1.165) is 29.7 Å². The minimum absolute atomic E-state index is 0.483. The number of nitrogens with one attached hydrogen (secondary N) is 1. The van der Waals surface area contributed by atoms with Crippen LogP contribution in [0, 0.1) is 5.92 Å². The lowest BCUT2D eigenvalue weighted by Crippen LogP contribution is -2.52. The summed E-state index contributed by atoms with van der Waals surface area (Å²) in [5.41, 5.74) is -2.87. The Labute approximate surface area is 143 Å². The summed E-state index contributed by atoms with van der Waals surface area (Å²) >= 11 is 0. The highest BCUT2D eigenvalue weighted by molar-refractivity contribution is 5.03. The molecule has 0 bridgehead atoms. The van der Waals surface area contributed by atoms with Gasteiger partial charge in [-0.15, -0.1) is 0 Å². The van der Waals surface area contributed by atoms with Crippen LogP contribution in [0.25, 0.3) is 0 Å². The molecule has 4 atom stereocenters. The molecule has 2 fully saturated rings. The minimum atomic E-state index is -1.53. The molecule has 3 rings (SSSR count). The molecule has 3 N–H and O–H groups in total. The van der Waals surface area contributed by atoms with Gasteiger partial charge in [-0.05, 0) is 19.8 Å². The van der Waals surface area contributed by atoms with Crippen molar-refractivity contribution in [1.29, 1.82) is 0 Å². The zero-order valence-corrected chi connectivity index (χ0v) is 14.0. The number of hydrogen-bond donors (Lipinski definition) is 3. The van der Waals surface area contributed by atoms with Crippen LogP contribution in [0.5, 0.6) is 0 Å². The smallest absolute Gasteiger partial charge is 0.330 e. The van der Waals surface area contributed by atoms with Gasteiger partial charge in [-0.25, -0.2) is 4.79 Å². The summed E-state index contributed by atoms with van der Waals surface area (Å²) in [6, 6.07) is 1.10. The number of halogens is 1. The quantitative estimate of drug-likeness (QED) is 0.685. The molecule has 1 saturated heterocycles. The van der Waals surface area contributed by atoms with Crippen LogP contribution < -0.4 is 11.2 Å². The molecule has 8 nitrogen and oxygen atoms in total. The number of rotatable bonds is 5. The summed E-state index contributed by atoms with van der Waals surface area (Å²) in [4.78, 5) is 25.3. The largest absolute Gasteiger partial charge is 0.396 e. The van der Waals surface area contributed by atoms with Crippen LogP contribution in [0.4, 0.5) is 4.39 Å². The molecule has 0 radical (unpaired) electrons. The highest BCUT2D eigenvalue weighted by Crippen LogP contribution is 2.51. The fourth-order valence-electron chi connectivity index (χ4n) is 3.85. The van der Waals surface area contributed by atoms with E-state index in [4.69, 9.17) is 9.47 Å². The monoisotopic (exact) mass is 358 g/mol. The van der Waals surface area contributed by atoms with Crippen molar-refractivity contribution in [2.75, 3.05) is 13.3 Å². The van der Waals surface area contributed by atoms with Crippen molar-refractivity contribution in [3.05, 3.63) is 33.1 Å². The van der Waals surface area contributed by atoms with Crippen LogP contribution in [0.1, 0.15) is 38.8 Å². The van der Waals surface area contributed by atoms with E-state index in [1.165, 1.54) is 6.92 Å². The van der Waals surface area contributed by atoms with Crippen molar-refractivity contribution in [3.8, 4) is 0 Å². The standard InChI is InChI=1S/C16H23FN2O6/c1-15(13(22)19-7-4-11(21)18-14(19)23)12(10(8-17)9-20)24-16(25-15)5-2-3-6-16/h4,7,10,12-13,20,22H,2-3,5-6,8-9H2,1H3,(H,18,21,23)/t10-,12+,13?,15+/m0/s1. The fraction of sp³-hybridized carbons (Fsp3) is 0.750. The average molecular weight is 358 g/mol. The highest BCUT2D eigenvalue weighted by atomic mass is 19.1. The van der Waals surface area contributed by atoms with E-state index >= 15 is 0 Å². The summed E-state index contributed by atoms with van der Waals surface area (Å²) in [6.07, 6.45) is 1.61. The predicted octanol–water partition coefficient (Wildman–Crippen LogP) is 0.0499. The molecular formula is C16H23FN2O6. The van der Waals surface area contributed by atoms with Gasteiger partial charge in [0.2, 0.25) is 0 Å². The molecule has 9 heteroatoms. The van der Waals surface area contributed by atoms with E-state index in [2.05, 4.69) is 4.98 Å². The van der Waals surface area contributed by atoms with E-state index in [1.54, 1.807) is 0 Å². The van der Waals surface area contributed by atoms with Gasteiger partial charge in [-0.1, -0.05) is 0 Å². The molecule has 1 aromatic rings. The third-order valence-corrected chi connectivity index (χ3v) is 5.17. The fourth-order valence-corrected chi connectivity index (χ4v) is 3.85. The maximum atomic E-state index is 13.4. The lowest BCUT2D eigenvalue weighted by molar-refractivity contribution is -0.208. The van der Waals surface area contributed by atoms with Crippen LogP contribution in [0.3, 0.4) is 0 Å². The number of aliphatic hydroxyl groups excluding tert-OH is 2. The van der Waals surface area contributed by atoms with Gasteiger partial charge in [0.15, 0.2) is 12.0 Å². The molecule has 1 unspecified atom stereocenters. The second kappa shape index (κ2) is 6.64. The average Bonchev–Trinajstić information content (AvgIpc) is 3.14. The molecule has 1 aliphatic carbocycles. The molecular weight excluding hydrogens is 335 g/mol. The molecule has 140 valence electrons. The van der Waals surface area contributed by atoms with E-state index in [0.29, 0.717) is 12.8 Å². The second-order valence-electron chi connectivity index (χ2n) is 6.93. The normalized spacial score (nSPS) is 30.6. The third kappa shape index (κ3) is 3.05. The van der Waals surface area contributed by atoms with Gasteiger partial charge in [0.05, 0.1) is 13.3 Å². The maximum Gasteiger partial charge on any atom is 0.330 e. The van der Waals surface area contributed by atoms with E-state index in [9.17, 15) is 24.2 Å². The molecule has 25 heavy (non-hydrogen) atoms. The molecule has 2 heterocycles. The lowest BCUT2D eigenvalue weighted by atomic mass is 9.87. The zero-order chi connectivity index (χ0) is 18.2. The summed E-state index contributed by atoms with van der Waals surface area (Å²) in [5, 5.41) is 20.4. The van der Waals surface area contributed by atoms with Crippen LogP contribution in [-0.4, -0.2) is 50.5 Å². The summed E-state index contributed by atoms with van der Waals surface area (Å²) in [7, 11) is 0. The first kappa shape index (κ1) is 18.2. The molecule has 1 aromatic heterocycles. The maximum absolute atomic E-state index is 13.4. The molecule has 1 aliphatic heterocycles. The van der Waals surface area contributed by atoms with Crippen LogP contribution in [0.2, 0.25) is 0 Å². The Bertz CT molecular complexity index is 724. The number of hydrogen-bond acceptors (Lipinski definition) is 6. The van der Waals surface area contributed by atoms with Gasteiger partial charge in [-0.3, -0.25) is 18.7 Å². The summed E-state index contributed by atoms with van der Waals surface area (Å²) < 4.78 is 26.4. The zero-order valence-electron chi connectivity index (χ0n) is 14.0. The van der Waals surface area contributed by atoms with E-state index in [1.807, 2.05) is 0 Å². The Morgan fingerprint density at radius 3 is 2.68 bits per heavy atom. The first-order chi connectivity index (χ1) is 11.8. The van der Waals surface area contributed by atoms with Crippen molar-refractivity contribution in [2.45, 2.75) is 56.3 Å². The van der Waals surface area contributed by atoms with Gasteiger partial charge in [0.1, 0.15) is 11.7 Å². The lowest BCUT2D eigenvalue weighted by Gasteiger charge is -2.36. The van der Waals surface area contributed by atoms with Crippen LogP contribution in [-0.2, 0) is 9.47 Å². The number of aliphatic hydroxyl groups is 2. The Morgan fingerprint density at radius 2 is 2.12 bits per heavy atom. The van der Waals surface area contributed by atoms with Gasteiger partial charge in [0.25, 0.3) is 5.56 Å². The molecule has 0 aromatic carbocycles. The number of H-pyrrole nitrogens is 1. The molecule has 2 aliphatic rings. The van der Waals surface area contributed by atoms with Crippen LogP contribution in [0.15, 0.2) is 21.9 Å². The van der Waals surface area contributed by atoms with Crippen molar-refractivity contribution in [2.24, 2.45) is 5.92 Å². The first-order valence-corrected chi connectivity index (χ1v) is 8.39. The first-order valence-electron chi connectivity index (χ1n) is 8.39. The Morgan fingerprint density at radius 1 is 1.44 bits per heavy atom. The third-order valence-electron chi connectivity index (χ3n) is 5.17. The number of aromatic nitrogens is 2. The Balaban J connectivity index is 2.01. The van der Waals surface area contributed by atoms with E-state index in [-0.39, 0.29) is 0 Å². The van der Waals surface area contributed by atoms with Gasteiger partial charge < -0.3 is 19.7 Å². The summed E-state index contributed by atoms with van der Waals surface area (Å²) in [6.45, 7) is 0.193. The Hall–Kier alpha value is -1.55. The molecule has 0 amide bonds. The molecule has 1 saturated carbocycles.